The van der Waals surface area contributed by atoms with Crippen LogP contribution in [0.2, 0.25) is 5.02 Å². The molecule has 0 spiro atoms. The highest BCUT2D eigenvalue weighted by atomic mass is 35.5. The van der Waals surface area contributed by atoms with Gasteiger partial charge in [-0.1, -0.05) is 17.7 Å². The molecular weight excluding hydrogens is 418 g/mol. The van der Waals surface area contributed by atoms with E-state index in [4.69, 9.17) is 11.6 Å². The molecule has 0 heterocycles. The van der Waals surface area contributed by atoms with Crippen LogP contribution >= 0.6 is 23.4 Å². The third-order valence-corrected chi connectivity index (χ3v) is 5.06. The third kappa shape index (κ3) is 6.04. The average Bonchev–Trinajstić information content (AvgIpc) is 2.70. The Morgan fingerprint density at radius 3 is 2.34 bits per heavy atom. The van der Waals surface area contributed by atoms with E-state index in [9.17, 15) is 18.4 Å². The molecule has 3 rings (SSSR count). The molecule has 0 radical (unpaired) electrons. The normalized spacial score (nSPS) is 10.4. The predicted octanol–water partition coefficient (Wildman–Crippen LogP) is 5.60. The Morgan fingerprint density at radius 2 is 1.62 bits per heavy atom. The lowest BCUT2D eigenvalue weighted by Gasteiger charge is -2.08. The number of amides is 2. The second kappa shape index (κ2) is 9.54. The summed E-state index contributed by atoms with van der Waals surface area (Å²) in [6, 6.07) is 16.2. The van der Waals surface area contributed by atoms with E-state index in [1.54, 1.807) is 24.3 Å². The summed E-state index contributed by atoms with van der Waals surface area (Å²) in [6.07, 6.45) is 0. The fraction of sp³-hybridized carbons (Fsp3) is 0.0476. The van der Waals surface area contributed by atoms with Gasteiger partial charge in [0.25, 0.3) is 5.91 Å². The van der Waals surface area contributed by atoms with Crippen molar-refractivity contribution in [1.82, 2.24) is 0 Å². The van der Waals surface area contributed by atoms with Gasteiger partial charge in [-0.3, -0.25) is 9.59 Å². The van der Waals surface area contributed by atoms with Gasteiger partial charge in [-0.25, -0.2) is 8.78 Å². The van der Waals surface area contributed by atoms with E-state index in [1.165, 1.54) is 54.2 Å². The minimum atomic E-state index is -0.557. The Kier molecular flexibility index (Phi) is 6.85. The van der Waals surface area contributed by atoms with E-state index in [1.807, 2.05) is 0 Å². The summed E-state index contributed by atoms with van der Waals surface area (Å²) < 4.78 is 26.1. The highest BCUT2D eigenvalue weighted by molar-refractivity contribution is 8.00. The molecule has 0 fully saturated rings. The fourth-order valence-electron chi connectivity index (χ4n) is 2.39. The second-order valence-corrected chi connectivity index (χ2v) is 7.41. The van der Waals surface area contributed by atoms with Crippen LogP contribution in [0.15, 0.2) is 71.6 Å². The molecule has 0 aromatic heterocycles. The van der Waals surface area contributed by atoms with Gasteiger partial charge in [0.1, 0.15) is 11.6 Å². The molecule has 2 amide bonds. The maximum absolute atomic E-state index is 13.2. The number of benzene rings is 3. The minimum Gasteiger partial charge on any atom is -0.325 e. The first-order chi connectivity index (χ1) is 13.9. The standard InChI is InChI=1S/C21H15ClF2N2O2S/c22-18-11-16(8-9-19(18)24)25-20(27)12-29-17-3-1-2-15(10-17)26-21(28)13-4-6-14(23)7-5-13/h1-11H,12H2,(H,25,27)(H,26,28). The lowest BCUT2D eigenvalue weighted by atomic mass is 10.2. The van der Waals surface area contributed by atoms with E-state index < -0.39 is 11.6 Å². The van der Waals surface area contributed by atoms with Gasteiger partial charge in [-0.15, -0.1) is 11.8 Å². The Morgan fingerprint density at radius 1 is 0.897 bits per heavy atom. The van der Waals surface area contributed by atoms with Crippen LogP contribution in [-0.4, -0.2) is 17.6 Å². The van der Waals surface area contributed by atoms with Gasteiger partial charge in [0.15, 0.2) is 0 Å². The van der Waals surface area contributed by atoms with Crippen LogP contribution in [0.25, 0.3) is 0 Å². The lowest BCUT2D eigenvalue weighted by molar-refractivity contribution is -0.113. The lowest BCUT2D eigenvalue weighted by Crippen LogP contribution is -2.14. The highest BCUT2D eigenvalue weighted by Gasteiger charge is 2.09. The van der Waals surface area contributed by atoms with Crippen LogP contribution in [0.1, 0.15) is 10.4 Å². The van der Waals surface area contributed by atoms with Crippen molar-refractivity contribution in [3.63, 3.8) is 0 Å². The molecule has 29 heavy (non-hydrogen) atoms. The number of carbonyl (C=O) groups excluding carboxylic acids is 2. The summed E-state index contributed by atoms with van der Waals surface area (Å²) in [7, 11) is 0. The molecule has 2 N–H and O–H groups in total. The quantitative estimate of drug-likeness (QED) is 0.498. The summed E-state index contributed by atoms with van der Waals surface area (Å²) in [5.41, 5.74) is 1.29. The van der Waals surface area contributed by atoms with E-state index in [2.05, 4.69) is 10.6 Å². The molecule has 0 aliphatic heterocycles. The molecule has 8 heteroatoms. The molecular formula is C21H15ClF2N2O2S. The van der Waals surface area contributed by atoms with Gasteiger partial charge in [0, 0.05) is 21.8 Å². The zero-order chi connectivity index (χ0) is 20.8. The Hall–Kier alpha value is -2.90. The highest BCUT2D eigenvalue weighted by Crippen LogP contribution is 2.23. The Labute approximate surface area is 175 Å². The molecule has 0 saturated carbocycles. The fourth-order valence-corrected chi connectivity index (χ4v) is 3.32. The van der Waals surface area contributed by atoms with Gasteiger partial charge >= 0.3 is 0 Å². The monoisotopic (exact) mass is 432 g/mol. The largest absolute Gasteiger partial charge is 0.325 e. The van der Waals surface area contributed by atoms with Crippen LogP contribution in [0.3, 0.4) is 0 Å². The summed E-state index contributed by atoms with van der Waals surface area (Å²) in [4.78, 5) is 25.1. The molecule has 4 nitrogen and oxygen atoms in total. The van der Waals surface area contributed by atoms with Crippen molar-refractivity contribution in [3.05, 3.63) is 89.0 Å². The van der Waals surface area contributed by atoms with Crippen LogP contribution in [0.4, 0.5) is 20.2 Å². The molecule has 148 valence electrons. The van der Waals surface area contributed by atoms with Crippen LogP contribution in [-0.2, 0) is 4.79 Å². The van der Waals surface area contributed by atoms with E-state index >= 15 is 0 Å². The summed E-state index contributed by atoms with van der Waals surface area (Å²) in [5, 5.41) is 5.30. The molecule has 3 aromatic carbocycles. The van der Waals surface area contributed by atoms with E-state index in [-0.39, 0.29) is 22.6 Å². The maximum atomic E-state index is 13.2. The molecule has 0 saturated heterocycles. The smallest absolute Gasteiger partial charge is 0.255 e. The Balaban J connectivity index is 1.56. The number of rotatable bonds is 6. The van der Waals surface area contributed by atoms with Gasteiger partial charge in [-0.05, 0) is 60.7 Å². The van der Waals surface area contributed by atoms with Gasteiger partial charge in [0.2, 0.25) is 5.91 Å². The van der Waals surface area contributed by atoms with Crippen LogP contribution in [0.5, 0.6) is 0 Å². The predicted molar refractivity (Wildman–Crippen MR) is 112 cm³/mol. The van der Waals surface area contributed by atoms with Gasteiger partial charge < -0.3 is 10.6 Å². The van der Waals surface area contributed by atoms with Crippen molar-refractivity contribution in [2.45, 2.75) is 4.90 Å². The van der Waals surface area contributed by atoms with Crippen LogP contribution < -0.4 is 10.6 Å². The average molecular weight is 433 g/mol. The first kappa shape index (κ1) is 20.8. The number of thioether (sulfide) groups is 1. The number of anilines is 2. The van der Waals surface area contributed by atoms with Crippen molar-refractivity contribution >= 4 is 46.6 Å². The summed E-state index contributed by atoms with van der Waals surface area (Å²) >= 11 is 6.97. The zero-order valence-electron chi connectivity index (χ0n) is 14.9. The Bertz CT molecular complexity index is 1050. The van der Waals surface area contributed by atoms with Crippen LogP contribution in [0, 0.1) is 11.6 Å². The number of carbonyl (C=O) groups is 2. The molecule has 0 atom stereocenters. The second-order valence-electron chi connectivity index (χ2n) is 5.95. The topological polar surface area (TPSA) is 58.2 Å². The van der Waals surface area contributed by atoms with Crippen molar-refractivity contribution in [2.24, 2.45) is 0 Å². The first-order valence-corrected chi connectivity index (χ1v) is 9.82. The van der Waals surface area contributed by atoms with Gasteiger partial charge in [0.05, 0.1) is 10.8 Å². The molecule has 0 aliphatic carbocycles. The van der Waals surface area contributed by atoms with Crippen molar-refractivity contribution < 1.29 is 18.4 Å². The number of nitrogens with one attached hydrogen (secondary N) is 2. The summed E-state index contributed by atoms with van der Waals surface area (Å²) in [6.45, 7) is 0. The minimum absolute atomic E-state index is 0.0694. The zero-order valence-corrected chi connectivity index (χ0v) is 16.5. The number of hydrogen-bond acceptors (Lipinski definition) is 3. The SMILES string of the molecule is O=C(CSc1cccc(NC(=O)c2ccc(F)cc2)c1)Nc1ccc(F)c(Cl)c1. The van der Waals surface area contributed by atoms with Crippen molar-refractivity contribution in [3.8, 4) is 0 Å². The molecule has 0 unspecified atom stereocenters. The first-order valence-electron chi connectivity index (χ1n) is 8.45. The molecule has 0 bridgehead atoms. The number of halogens is 3. The number of hydrogen-bond donors (Lipinski definition) is 2. The third-order valence-electron chi connectivity index (χ3n) is 3.77. The summed E-state index contributed by atoms with van der Waals surface area (Å²) in [5.74, 6) is -1.50. The maximum Gasteiger partial charge on any atom is 0.255 e. The van der Waals surface area contributed by atoms with Gasteiger partial charge in [-0.2, -0.15) is 0 Å². The van der Waals surface area contributed by atoms with Crippen molar-refractivity contribution in [1.29, 1.82) is 0 Å². The molecule has 0 aliphatic rings. The molecule has 3 aromatic rings. The van der Waals surface area contributed by atoms with E-state index in [0.29, 0.717) is 16.9 Å². The van der Waals surface area contributed by atoms with E-state index in [0.717, 1.165) is 4.90 Å². The van der Waals surface area contributed by atoms with Crippen molar-refractivity contribution in [2.75, 3.05) is 16.4 Å².